The molecule has 0 radical (unpaired) electrons. The Morgan fingerprint density at radius 3 is 3.06 bits per heavy atom. The lowest BCUT2D eigenvalue weighted by molar-refractivity contribution is 0.159. The summed E-state index contributed by atoms with van der Waals surface area (Å²) in [6, 6.07) is 2.82. The average Bonchev–Trinajstić information content (AvgIpc) is 2.90. The van der Waals surface area contributed by atoms with Crippen molar-refractivity contribution >= 4 is 15.9 Å². The first-order valence-corrected chi connectivity index (χ1v) is 6.76. The van der Waals surface area contributed by atoms with Crippen LogP contribution in [0.3, 0.4) is 0 Å². The Hall–Kier alpha value is -0.320. The Kier molecular flexibility index (Phi) is 4.05. The summed E-state index contributed by atoms with van der Waals surface area (Å²) < 4.78 is 6.59. The van der Waals surface area contributed by atoms with E-state index in [0.29, 0.717) is 12.6 Å². The Balaban J connectivity index is 2.19. The predicted molar refractivity (Wildman–Crippen MR) is 68.2 cm³/mol. The van der Waals surface area contributed by atoms with E-state index >= 15 is 0 Å². The number of hydrogen-bond donors (Lipinski definition) is 1. The van der Waals surface area contributed by atoms with E-state index in [2.05, 4.69) is 27.8 Å². The van der Waals surface area contributed by atoms with Gasteiger partial charge in [-0.05, 0) is 47.8 Å². The second kappa shape index (κ2) is 5.34. The number of likely N-dealkylation sites (tertiary alicyclic amines) is 1. The molecule has 90 valence electrons. The molecule has 0 bridgehead atoms. The van der Waals surface area contributed by atoms with Crippen LogP contribution in [0.15, 0.2) is 21.2 Å². The minimum Gasteiger partial charge on any atom is -0.466 e. The van der Waals surface area contributed by atoms with Crippen LogP contribution < -0.4 is 5.73 Å². The molecule has 1 aliphatic heterocycles. The summed E-state index contributed by atoms with van der Waals surface area (Å²) in [4.78, 5) is 2.49. The summed E-state index contributed by atoms with van der Waals surface area (Å²) in [7, 11) is 0. The zero-order valence-electron chi connectivity index (χ0n) is 9.66. The van der Waals surface area contributed by atoms with Crippen molar-refractivity contribution in [3.8, 4) is 0 Å². The summed E-state index contributed by atoms with van der Waals surface area (Å²) in [5.74, 6) is 0.975. The number of furan rings is 1. The van der Waals surface area contributed by atoms with E-state index in [0.717, 1.165) is 16.8 Å². The molecule has 0 spiro atoms. The van der Waals surface area contributed by atoms with Crippen LogP contribution in [0.1, 0.15) is 38.0 Å². The van der Waals surface area contributed by atoms with Gasteiger partial charge in [0.2, 0.25) is 0 Å². The highest BCUT2D eigenvalue weighted by Crippen LogP contribution is 2.34. The number of nitrogens with two attached hydrogens (primary N) is 1. The first-order chi connectivity index (χ1) is 7.77. The zero-order valence-corrected chi connectivity index (χ0v) is 11.2. The van der Waals surface area contributed by atoms with Crippen molar-refractivity contribution in [1.29, 1.82) is 0 Å². The molecule has 0 aliphatic carbocycles. The summed E-state index contributed by atoms with van der Waals surface area (Å²) in [6.45, 7) is 3.99. The fourth-order valence-corrected chi connectivity index (χ4v) is 3.11. The first kappa shape index (κ1) is 12.1. The minimum absolute atomic E-state index is 0.219. The highest BCUT2D eigenvalue weighted by atomic mass is 79.9. The van der Waals surface area contributed by atoms with E-state index in [9.17, 15) is 0 Å². The maximum absolute atomic E-state index is 5.91. The summed E-state index contributed by atoms with van der Waals surface area (Å²) in [5.41, 5.74) is 5.91. The van der Waals surface area contributed by atoms with E-state index in [1.807, 2.05) is 6.07 Å². The predicted octanol–water partition coefficient (Wildman–Crippen LogP) is 2.92. The van der Waals surface area contributed by atoms with E-state index < -0.39 is 0 Å². The van der Waals surface area contributed by atoms with Crippen molar-refractivity contribution in [2.75, 3.05) is 13.1 Å². The van der Waals surface area contributed by atoms with Crippen LogP contribution in [0.2, 0.25) is 0 Å². The Bertz CT molecular complexity index is 340. The smallest absolute Gasteiger partial charge is 0.136 e. The van der Waals surface area contributed by atoms with Crippen LogP contribution >= 0.6 is 15.9 Å². The molecule has 2 unspecified atom stereocenters. The van der Waals surface area contributed by atoms with E-state index in [4.69, 9.17) is 10.2 Å². The van der Waals surface area contributed by atoms with Gasteiger partial charge in [-0.15, -0.1) is 0 Å². The van der Waals surface area contributed by atoms with Gasteiger partial charge in [0.15, 0.2) is 0 Å². The number of rotatable bonds is 4. The quantitative estimate of drug-likeness (QED) is 0.926. The largest absolute Gasteiger partial charge is 0.466 e. The van der Waals surface area contributed by atoms with Gasteiger partial charge < -0.3 is 10.2 Å². The molecule has 2 N–H and O–H groups in total. The van der Waals surface area contributed by atoms with Crippen LogP contribution in [0.5, 0.6) is 0 Å². The van der Waals surface area contributed by atoms with Gasteiger partial charge in [-0.1, -0.05) is 6.92 Å². The van der Waals surface area contributed by atoms with Gasteiger partial charge in [0.1, 0.15) is 5.76 Å². The topological polar surface area (TPSA) is 42.4 Å². The molecule has 0 saturated carbocycles. The Morgan fingerprint density at radius 2 is 2.50 bits per heavy atom. The SMILES string of the molecule is CCC1CCCN1C(CN)c1occc1Br. The minimum atomic E-state index is 0.219. The molecule has 2 atom stereocenters. The van der Waals surface area contributed by atoms with Crippen molar-refractivity contribution in [2.24, 2.45) is 5.73 Å². The maximum atomic E-state index is 5.91. The zero-order chi connectivity index (χ0) is 11.5. The molecule has 0 amide bonds. The second-order valence-electron chi connectivity index (χ2n) is 4.33. The van der Waals surface area contributed by atoms with Crippen LogP contribution in [0.25, 0.3) is 0 Å². The highest BCUT2D eigenvalue weighted by Gasteiger charge is 2.32. The van der Waals surface area contributed by atoms with Gasteiger partial charge in [0.05, 0.1) is 16.8 Å². The van der Waals surface area contributed by atoms with Gasteiger partial charge in [-0.3, -0.25) is 4.90 Å². The van der Waals surface area contributed by atoms with E-state index in [1.165, 1.54) is 19.3 Å². The van der Waals surface area contributed by atoms with Gasteiger partial charge >= 0.3 is 0 Å². The third-order valence-corrected chi connectivity index (χ3v) is 4.12. The third-order valence-electron chi connectivity index (χ3n) is 3.46. The lowest BCUT2D eigenvalue weighted by Gasteiger charge is -2.30. The van der Waals surface area contributed by atoms with Crippen LogP contribution in [0.4, 0.5) is 0 Å². The number of hydrogen-bond acceptors (Lipinski definition) is 3. The summed E-state index contributed by atoms with van der Waals surface area (Å²) in [6.07, 6.45) is 5.46. The molecule has 2 rings (SSSR count). The van der Waals surface area contributed by atoms with Gasteiger partial charge in [0, 0.05) is 12.6 Å². The first-order valence-electron chi connectivity index (χ1n) is 5.96. The molecular weight excluding hydrogens is 268 g/mol. The van der Waals surface area contributed by atoms with Gasteiger partial charge in [-0.25, -0.2) is 0 Å². The maximum Gasteiger partial charge on any atom is 0.136 e. The fraction of sp³-hybridized carbons (Fsp3) is 0.667. The van der Waals surface area contributed by atoms with Crippen LogP contribution in [0, 0.1) is 0 Å². The monoisotopic (exact) mass is 286 g/mol. The molecular formula is C12H19BrN2O. The Labute approximate surface area is 105 Å². The van der Waals surface area contributed by atoms with Crippen molar-refractivity contribution in [2.45, 2.75) is 38.3 Å². The molecule has 1 fully saturated rings. The van der Waals surface area contributed by atoms with E-state index in [1.54, 1.807) is 6.26 Å². The average molecular weight is 287 g/mol. The van der Waals surface area contributed by atoms with Gasteiger partial charge in [0.25, 0.3) is 0 Å². The van der Waals surface area contributed by atoms with Crippen molar-refractivity contribution < 1.29 is 4.42 Å². The molecule has 2 heterocycles. The molecule has 0 aromatic carbocycles. The number of nitrogens with zero attached hydrogens (tertiary/aromatic N) is 1. The van der Waals surface area contributed by atoms with Crippen molar-refractivity contribution in [3.05, 3.63) is 22.6 Å². The molecule has 1 saturated heterocycles. The molecule has 1 aromatic heterocycles. The second-order valence-corrected chi connectivity index (χ2v) is 5.18. The molecule has 16 heavy (non-hydrogen) atoms. The lowest BCUT2D eigenvalue weighted by Crippen LogP contribution is -2.37. The van der Waals surface area contributed by atoms with Crippen molar-refractivity contribution in [1.82, 2.24) is 4.90 Å². The van der Waals surface area contributed by atoms with Gasteiger partial charge in [-0.2, -0.15) is 0 Å². The lowest BCUT2D eigenvalue weighted by atomic mass is 10.1. The summed E-state index contributed by atoms with van der Waals surface area (Å²) in [5, 5.41) is 0. The van der Waals surface area contributed by atoms with Crippen molar-refractivity contribution in [3.63, 3.8) is 0 Å². The normalized spacial score (nSPS) is 23.8. The van der Waals surface area contributed by atoms with Crippen LogP contribution in [-0.4, -0.2) is 24.0 Å². The molecule has 1 aromatic rings. The van der Waals surface area contributed by atoms with E-state index in [-0.39, 0.29) is 6.04 Å². The molecule has 4 heteroatoms. The summed E-state index contributed by atoms with van der Waals surface area (Å²) >= 11 is 3.52. The molecule has 3 nitrogen and oxygen atoms in total. The number of halogens is 1. The highest BCUT2D eigenvalue weighted by molar-refractivity contribution is 9.10. The fourth-order valence-electron chi connectivity index (χ4n) is 2.64. The van der Waals surface area contributed by atoms with Crippen LogP contribution in [-0.2, 0) is 0 Å². The molecule has 1 aliphatic rings. The third kappa shape index (κ3) is 2.19. The standard InChI is InChI=1S/C12H19BrN2O/c1-2-9-4-3-6-15(9)11(8-14)12-10(13)5-7-16-12/h5,7,9,11H,2-4,6,8,14H2,1H3. The Morgan fingerprint density at radius 1 is 1.69 bits per heavy atom.